The molecule has 0 bridgehead atoms. The van der Waals surface area contributed by atoms with Crippen molar-refractivity contribution in [2.24, 2.45) is 0 Å². The number of halogens is 2. The molecule has 8 heteroatoms. The van der Waals surface area contributed by atoms with E-state index in [0.29, 0.717) is 42.2 Å². The van der Waals surface area contributed by atoms with Crippen LogP contribution in [0.1, 0.15) is 59.9 Å². The number of hydrogen-bond donors (Lipinski definition) is 1. The summed E-state index contributed by atoms with van der Waals surface area (Å²) in [5.74, 6) is 0.811. The molecule has 1 aliphatic carbocycles. The van der Waals surface area contributed by atoms with Crippen molar-refractivity contribution in [1.29, 1.82) is 0 Å². The number of nitrogens with one attached hydrogen (secondary N) is 1. The van der Waals surface area contributed by atoms with Gasteiger partial charge in [0.25, 0.3) is 5.91 Å². The van der Waals surface area contributed by atoms with Crippen LogP contribution in [0.4, 0.5) is 5.69 Å². The van der Waals surface area contributed by atoms with Crippen LogP contribution >= 0.6 is 23.2 Å². The molecule has 0 atom stereocenters. The van der Waals surface area contributed by atoms with E-state index in [-0.39, 0.29) is 5.91 Å². The zero-order chi connectivity index (χ0) is 27.2. The second-order valence-corrected chi connectivity index (χ2v) is 11.3. The van der Waals surface area contributed by atoms with E-state index in [0.717, 1.165) is 47.0 Å². The van der Waals surface area contributed by atoms with Gasteiger partial charge in [0, 0.05) is 71.8 Å². The Morgan fingerprint density at radius 1 is 1.08 bits per heavy atom. The maximum absolute atomic E-state index is 13.3. The summed E-state index contributed by atoms with van der Waals surface area (Å²) in [5, 5.41) is 4.40. The van der Waals surface area contributed by atoms with Gasteiger partial charge in [0.05, 0.1) is 0 Å². The van der Waals surface area contributed by atoms with E-state index in [9.17, 15) is 4.79 Å². The Labute approximate surface area is 236 Å². The minimum Gasteiger partial charge on any atom is -0.369 e. The van der Waals surface area contributed by atoms with Gasteiger partial charge >= 0.3 is 0 Å². The zero-order valence-electron chi connectivity index (χ0n) is 22.9. The summed E-state index contributed by atoms with van der Waals surface area (Å²) in [4.78, 5) is 22.6. The van der Waals surface area contributed by atoms with E-state index < -0.39 is 0 Å². The van der Waals surface area contributed by atoms with Crippen LogP contribution in [-0.4, -0.2) is 59.6 Å². The molecule has 0 radical (unpaired) electrons. The molecule has 2 aromatic carbocycles. The predicted molar refractivity (Wildman–Crippen MR) is 158 cm³/mol. The second kappa shape index (κ2) is 13.0. The molecule has 1 saturated carbocycles. The Balaban J connectivity index is 1.41. The van der Waals surface area contributed by atoms with Gasteiger partial charge in [-0.05, 0) is 89.0 Å². The van der Waals surface area contributed by atoms with Crippen LogP contribution in [0.3, 0.4) is 0 Å². The van der Waals surface area contributed by atoms with Gasteiger partial charge in [0.2, 0.25) is 0 Å². The molecule has 38 heavy (non-hydrogen) atoms. The van der Waals surface area contributed by atoms with Crippen molar-refractivity contribution in [1.82, 2.24) is 19.8 Å². The zero-order valence-corrected chi connectivity index (χ0v) is 24.4. The van der Waals surface area contributed by atoms with Crippen molar-refractivity contribution in [3.05, 3.63) is 81.4 Å². The molecule has 0 unspecified atom stereocenters. The lowest BCUT2D eigenvalue weighted by Gasteiger charge is -2.40. The minimum atomic E-state index is -0.105. The van der Waals surface area contributed by atoms with Crippen molar-refractivity contribution in [2.45, 2.75) is 64.6 Å². The summed E-state index contributed by atoms with van der Waals surface area (Å²) < 4.78 is 2.09. The van der Waals surface area contributed by atoms with Crippen LogP contribution in [-0.2, 0) is 13.0 Å². The van der Waals surface area contributed by atoms with Crippen molar-refractivity contribution in [2.75, 3.05) is 32.1 Å². The third-order valence-corrected chi connectivity index (χ3v) is 8.21. The Morgan fingerprint density at radius 2 is 1.82 bits per heavy atom. The SMILES string of the molecule is CCN(c1cc(Cl)cc(C(=O)NCCc2nccn2Cc2cccc(Cl)c2)c1C)C1CCC(N(C)C)CC1. The number of anilines is 1. The summed E-state index contributed by atoms with van der Waals surface area (Å²) in [7, 11) is 4.34. The van der Waals surface area contributed by atoms with Gasteiger partial charge in [-0.15, -0.1) is 0 Å². The molecule has 204 valence electrons. The molecule has 1 aromatic heterocycles. The summed E-state index contributed by atoms with van der Waals surface area (Å²) in [6.45, 7) is 6.27. The number of imidazole rings is 1. The number of hydrogen-bond acceptors (Lipinski definition) is 4. The second-order valence-electron chi connectivity index (χ2n) is 10.4. The highest BCUT2D eigenvalue weighted by Crippen LogP contribution is 2.34. The summed E-state index contributed by atoms with van der Waals surface area (Å²) in [5.41, 5.74) is 3.79. The van der Waals surface area contributed by atoms with Gasteiger partial charge in [0.15, 0.2) is 0 Å². The lowest BCUT2D eigenvalue weighted by Crippen LogP contribution is -2.42. The van der Waals surface area contributed by atoms with Crippen LogP contribution in [0.5, 0.6) is 0 Å². The van der Waals surface area contributed by atoms with Crippen molar-refractivity contribution in [3.63, 3.8) is 0 Å². The van der Waals surface area contributed by atoms with Crippen molar-refractivity contribution >= 4 is 34.8 Å². The maximum atomic E-state index is 13.3. The Bertz CT molecular complexity index is 1230. The highest BCUT2D eigenvalue weighted by Gasteiger charge is 2.28. The fourth-order valence-electron chi connectivity index (χ4n) is 5.64. The van der Waals surface area contributed by atoms with Gasteiger partial charge in [-0.25, -0.2) is 4.98 Å². The molecule has 1 amide bonds. The third-order valence-electron chi connectivity index (χ3n) is 7.75. The van der Waals surface area contributed by atoms with Crippen LogP contribution in [0.15, 0.2) is 48.8 Å². The van der Waals surface area contributed by atoms with E-state index >= 15 is 0 Å². The number of amides is 1. The molecule has 0 spiro atoms. The van der Waals surface area contributed by atoms with Gasteiger partial charge < -0.3 is 19.7 Å². The quantitative estimate of drug-likeness (QED) is 0.322. The number of carbonyl (C=O) groups excluding carboxylic acids is 1. The largest absolute Gasteiger partial charge is 0.369 e. The van der Waals surface area contributed by atoms with E-state index in [2.05, 4.69) is 45.7 Å². The molecule has 1 fully saturated rings. The van der Waals surface area contributed by atoms with Crippen LogP contribution in [0, 0.1) is 6.92 Å². The molecular weight excluding hydrogens is 517 g/mol. The molecular formula is C30H39Cl2N5O. The van der Waals surface area contributed by atoms with Crippen molar-refractivity contribution in [3.8, 4) is 0 Å². The topological polar surface area (TPSA) is 53.4 Å². The maximum Gasteiger partial charge on any atom is 0.251 e. The Kier molecular flexibility index (Phi) is 9.74. The molecule has 6 nitrogen and oxygen atoms in total. The van der Waals surface area contributed by atoms with E-state index in [1.807, 2.05) is 43.5 Å². The van der Waals surface area contributed by atoms with E-state index in [1.165, 1.54) is 12.8 Å². The predicted octanol–water partition coefficient (Wildman–Crippen LogP) is 6.22. The number of benzene rings is 2. The van der Waals surface area contributed by atoms with Crippen LogP contribution in [0.25, 0.3) is 0 Å². The minimum absolute atomic E-state index is 0.105. The molecule has 0 saturated heterocycles. The Hall–Kier alpha value is -2.54. The van der Waals surface area contributed by atoms with Gasteiger partial charge in [-0.3, -0.25) is 4.79 Å². The average Bonchev–Trinajstić information content (AvgIpc) is 3.33. The van der Waals surface area contributed by atoms with Gasteiger partial charge in [-0.2, -0.15) is 0 Å². The van der Waals surface area contributed by atoms with Crippen LogP contribution in [0.2, 0.25) is 10.0 Å². The molecule has 1 aliphatic rings. The summed E-state index contributed by atoms with van der Waals surface area (Å²) in [6, 6.07) is 12.7. The number of rotatable bonds is 10. The molecule has 0 aliphatic heterocycles. The van der Waals surface area contributed by atoms with E-state index in [4.69, 9.17) is 23.2 Å². The van der Waals surface area contributed by atoms with Gasteiger partial charge in [-0.1, -0.05) is 35.3 Å². The first-order valence-electron chi connectivity index (χ1n) is 13.5. The lowest BCUT2D eigenvalue weighted by atomic mass is 9.89. The average molecular weight is 557 g/mol. The first kappa shape index (κ1) is 28.5. The number of carbonyl (C=O) groups is 1. The standard InChI is InChI=1S/C30H39Cl2N5O/c1-5-37(26-11-9-25(10-12-26)35(3)4)28-19-24(32)18-27(21(28)2)30(38)34-14-13-29-33-15-16-36(29)20-22-7-6-8-23(31)17-22/h6-8,15-19,25-26H,5,9-14,20H2,1-4H3,(H,34,38). The first-order valence-corrected chi connectivity index (χ1v) is 14.3. The highest BCUT2D eigenvalue weighted by atomic mass is 35.5. The smallest absolute Gasteiger partial charge is 0.251 e. The summed E-state index contributed by atoms with van der Waals surface area (Å²) >= 11 is 12.7. The van der Waals surface area contributed by atoms with Crippen molar-refractivity contribution < 1.29 is 4.79 Å². The lowest BCUT2D eigenvalue weighted by molar-refractivity contribution is 0.0953. The molecule has 1 heterocycles. The number of aromatic nitrogens is 2. The molecule has 3 aromatic rings. The monoisotopic (exact) mass is 555 g/mol. The third kappa shape index (κ3) is 6.90. The normalized spacial score (nSPS) is 17.6. The summed E-state index contributed by atoms with van der Waals surface area (Å²) in [6.07, 6.45) is 9.04. The Morgan fingerprint density at radius 3 is 2.50 bits per heavy atom. The fourth-order valence-corrected chi connectivity index (χ4v) is 6.06. The molecule has 4 rings (SSSR count). The number of nitrogens with zero attached hydrogens (tertiary/aromatic N) is 4. The fraction of sp³-hybridized carbons (Fsp3) is 0.467. The highest BCUT2D eigenvalue weighted by molar-refractivity contribution is 6.31. The van der Waals surface area contributed by atoms with Crippen LogP contribution < -0.4 is 10.2 Å². The molecule has 1 N–H and O–H groups in total. The van der Waals surface area contributed by atoms with E-state index in [1.54, 1.807) is 12.3 Å². The van der Waals surface area contributed by atoms with Gasteiger partial charge in [0.1, 0.15) is 5.82 Å². The first-order chi connectivity index (χ1) is 18.3.